The Hall–Kier alpha value is -2.73. The Morgan fingerprint density at radius 1 is 1.20 bits per heavy atom. The SMILES string of the molecule is Cc1cc(C)c(CNC(=O)c2cc(-c3nccs3)ccc2C)c(=O)[nH]1. The lowest BCUT2D eigenvalue weighted by molar-refractivity contribution is 0.0950. The first kappa shape index (κ1) is 17.1. The number of pyridine rings is 1. The van der Waals surface area contributed by atoms with Crippen LogP contribution in [0.5, 0.6) is 0 Å². The molecule has 0 saturated carbocycles. The summed E-state index contributed by atoms with van der Waals surface area (Å²) in [7, 11) is 0. The van der Waals surface area contributed by atoms with Gasteiger partial charge in [-0.3, -0.25) is 9.59 Å². The highest BCUT2D eigenvalue weighted by Gasteiger charge is 2.13. The van der Waals surface area contributed by atoms with E-state index in [2.05, 4.69) is 15.3 Å². The molecule has 25 heavy (non-hydrogen) atoms. The van der Waals surface area contributed by atoms with Gasteiger partial charge in [0.1, 0.15) is 5.01 Å². The zero-order valence-corrected chi connectivity index (χ0v) is 15.2. The molecule has 0 spiro atoms. The quantitative estimate of drug-likeness (QED) is 0.755. The molecule has 3 aromatic rings. The van der Waals surface area contributed by atoms with Crippen LogP contribution in [0.15, 0.2) is 40.6 Å². The second-order valence-corrected chi connectivity index (χ2v) is 6.89. The monoisotopic (exact) mass is 353 g/mol. The summed E-state index contributed by atoms with van der Waals surface area (Å²) in [5.41, 5.74) is 4.48. The van der Waals surface area contributed by atoms with Crippen molar-refractivity contribution in [3.05, 3.63) is 74.1 Å². The van der Waals surface area contributed by atoms with E-state index in [4.69, 9.17) is 0 Å². The highest BCUT2D eigenvalue weighted by atomic mass is 32.1. The van der Waals surface area contributed by atoms with E-state index >= 15 is 0 Å². The largest absolute Gasteiger partial charge is 0.348 e. The van der Waals surface area contributed by atoms with E-state index in [1.54, 1.807) is 6.20 Å². The summed E-state index contributed by atoms with van der Waals surface area (Å²) >= 11 is 1.53. The maximum Gasteiger partial charge on any atom is 0.253 e. The second-order valence-electron chi connectivity index (χ2n) is 5.99. The van der Waals surface area contributed by atoms with Crippen molar-refractivity contribution in [2.24, 2.45) is 0 Å². The number of hydrogen-bond acceptors (Lipinski definition) is 4. The van der Waals surface area contributed by atoms with E-state index in [1.807, 2.05) is 50.4 Å². The zero-order chi connectivity index (χ0) is 18.0. The topological polar surface area (TPSA) is 74.8 Å². The first-order chi connectivity index (χ1) is 12.0. The van der Waals surface area contributed by atoms with Gasteiger partial charge in [-0.15, -0.1) is 11.3 Å². The maximum atomic E-state index is 12.6. The van der Waals surface area contributed by atoms with Crippen LogP contribution in [0.4, 0.5) is 0 Å². The number of thiazole rings is 1. The summed E-state index contributed by atoms with van der Waals surface area (Å²) in [6.45, 7) is 5.80. The van der Waals surface area contributed by atoms with E-state index in [9.17, 15) is 9.59 Å². The Bertz CT molecular complexity index is 975. The fraction of sp³-hybridized carbons (Fsp3) is 0.211. The second kappa shape index (κ2) is 7.03. The van der Waals surface area contributed by atoms with Crippen molar-refractivity contribution in [3.8, 4) is 10.6 Å². The Morgan fingerprint density at radius 2 is 2.00 bits per heavy atom. The molecule has 2 N–H and O–H groups in total. The summed E-state index contributed by atoms with van der Waals surface area (Å²) in [5.74, 6) is -0.199. The van der Waals surface area contributed by atoms with Crippen molar-refractivity contribution in [2.75, 3.05) is 0 Å². The molecule has 128 valence electrons. The molecule has 6 heteroatoms. The number of rotatable bonds is 4. The highest BCUT2D eigenvalue weighted by molar-refractivity contribution is 7.13. The Morgan fingerprint density at radius 3 is 2.68 bits per heavy atom. The van der Waals surface area contributed by atoms with Gasteiger partial charge in [-0.1, -0.05) is 12.1 Å². The van der Waals surface area contributed by atoms with Crippen LogP contribution in [0.3, 0.4) is 0 Å². The molecule has 1 aromatic carbocycles. The number of nitrogens with zero attached hydrogens (tertiary/aromatic N) is 1. The normalized spacial score (nSPS) is 10.7. The first-order valence-electron chi connectivity index (χ1n) is 7.94. The number of nitrogens with one attached hydrogen (secondary N) is 2. The van der Waals surface area contributed by atoms with Gasteiger partial charge in [-0.25, -0.2) is 4.98 Å². The van der Waals surface area contributed by atoms with Gasteiger partial charge in [-0.05, 0) is 44.0 Å². The Balaban J connectivity index is 1.82. The maximum absolute atomic E-state index is 12.6. The van der Waals surface area contributed by atoms with Crippen molar-refractivity contribution < 1.29 is 4.79 Å². The molecule has 0 saturated heterocycles. The molecule has 0 bridgehead atoms. The molecule has 0 radical (unpaired) electrons. The van der Waals surface area contributed by atoms with Gasteiger partial charge in [0.25, 0.3) is 11.5 Å². The number of carbonyl (C=O) groups is 1. The predicted octanol–water partition coefficient (Wildman–Crippen LogP) is 3.35. The molecule has 2 aromatic heterocycles. The number of H-pyrrole nitrogens is 1. The third-order valence-electron chi connectivity index (χ3n) is 4.08. The minimum Gasteiger partial charge on any atom is -0.348 e. The molecule has 1 amide bonds. The smallest absolute Gasteiger partial charge is 0.253 e. The first-order valence-corrected chi connectivity index (χ1v) is 8.82. The van der Waals surface area contributed by atoms with Crippen LogP contribution in [0, 0.1) is 20.8 Å². The number of aromatic nitrogens is 2. The van der Waals surface area contributed by atoms with Gasteiger partial charge >= 0.3 is 0 Å². The highest BCUT2D eigenvalue weighted by Crippen LogP contribution is 2.24. The third kappa shape index (κ3) is 3.69. The number of hydrogen-bond donors (Lipinski definition) is 2. The number of aromatic amines is 1. The van der Waals surface area contributed by atoms with Gasteiger partial charge in [0.05, 0.1) is 0 Å². The molecule has 2 heterocycles. The van der Waals surface area contributed by atoms with Crippen molar-refractivity contribution in [3.63, 3.8) is 0 Å². The van der Waals surface area contributed by atoms with E-state index in [0.717, 1.165) is 27.4 Å². The van der Waals surface area contributed by atoms with Gasteiger partial charge in [0.2, 0.25) is 0 Å². The molecular weight excluding hydrogens is 334 g/mol. The van der Waals surface area contributed by atoms with Crippen LogP contribution in [-0.2, 0) is 6.54 Å². The predicted molar refractivity (Wildman–Crippen MR) is 100.0 cm³/mol. The van der Waals surface area contributed by atoms with Crippen molar-refractivity contribution in [1.82, 2.24) is 15.3 Å². The van der Waals surface area contributed by atoms with Gasteiger partial charge < -0.3 is 10.3 Å². The van der Waals surface area contributed by atoms with Crippen molar-refractivity contribution in [1.29, 1.82) is 0 Å². The summed E-state index contributed by atoms with van der Waals surface area (Å²) in [5, 5.41) is 5.63. The minimum absolute atomic E-state index is 0.161. The van der Waals surface area contributed by atoms with Crippen LogP contribution in [0.1, 0.15) is 32.7 Å². The van der Waals surface area contributed by atoms with Crippen LogP contribution in [0.2, 0.25) is 0 Å². The van der Waals surface area contributed by atoms with Crippen LogP contribution in [0.25, 0.3) is 10.6 Å². The third-order valence-corrected chi connectivity index (χ3v) is 4.90. The van der Waals surface area contributed by atoms with Crippen LogP contribution in [-0.4, -0.2) is 15.9 Å². The average Bonchev–Trinajstić information content (AvgIpc) is 3.08. The lowest BCUT2D eigenvalue weighted by Gasteiger charge is -2.10. The standard InChI is InChI=1S/C19H19N3O2S/c1-11-4-5-14(19-20-6-7-25-19)9-15(11)17(23)21-10-16-12(2)8-13(3)22-18(16)24/h4-9H,10H2,1-3H3,(H,21,23)(H,22,24). The summed E-state index contributed by atoms with van der Waals surface area (Å²) in [4.78, 5) is 31.7. The summed E-state index contributed by atoms with van der Waals surface area (Å²) in [6.07, 6.45) is 1.74. The van der Waals surface area contributed by atoms with E-state index in [-0.39, 0.29) is 18.0 Å². The molecule has 5 nitrogen and oxygen atoms in total. The van der Waals surface area contributed by atoms with Crippen LogP contribution >= 0.6 is 11.3 Å². The molecular formula is C19H19N3O2S. The molecule has 0 aliphatic heterocycles. The van der Waals surface area contributed by atoms with Crippen LogP contribution < -0.4 is 10.9 Å². The number of aryl methyl sites for hydroxylation is 3. The number of carbonyl (C=O) groups excluding carboxylic acids is 1. The average molecular weight is 353 g/mol. The minimum atomic E-state index is -0.199. The lowest BCUT2D eigenvalue weighted by atomic mass is 10.0. The van der Waals surface area contributed by atoms with E-state index < -0.39 is 0 Å². The lowest BCUT2D eigenvalue weighted by Crippen LogP contribution is -2.28. The van der Waals surface area contributed by atoms with Crippen molar-refractivity contribution >= 4 is 17.2 Å². The number of benzene rings is 1. The fourth-order valence-electron chi connectivity index (χ4n) is 2.73. The number of amides is 1. The Kier molecular flexibility index (Phi) is 4.81. The molecule has 0 atom stereocenters. The molecule has 3 rings (SSSR count). The van der Waals surface area contributed by atoms with Gasteiger partial charge in [0.15, 0.2) is 0 Å². The molecule has 0 aliphatic carbocycles. The van der Waals surface area contributed by atoms with Gasteiger partial charge in [0, 0.05) is 40.5 Å². The van der Waals surface area contributed by atoms with Crippen molar-refractivity contribution in [2.45, 2.75) is 27.3 Å². The summed E-state index contributed by atoms with van der Waals surface area (Å²) < 4.78 is 0. The molecule has 0 unspecified atom stereocenters. The molecule has 0 aliphatic rings. The summed E-state index contributed by atoms with van der Waals surface area (Å²) in [6, 6.07) is 7.61. The zero-order valence-electron chi connectivity index (χ0n) is 14.3. The fourth-order valence-corrected chi connectivity index (χ4v) is 3.37. The molecule has 0 fully saturated rings. The van der Waals surface area contributed by atoms with E-state index in [0.29, 0.717) is 11.1 Å². The van der Waals surface area contributed by atoms with E-state index in [1.165, 1.54) is 11.3 Å². The van der Waals surface area contributed by atoms with Gasteiger partial charge in [-0.2, -0.15) is 0 Å². The Labute approximate surface area is 149 Å².